The molecule has 0 radical (unpaired) electrons. The second-order valence-electron chi connectivity index (χ2n) is 3.63. The number of hydrogen-bond acceptors (Lipinski definition) is 1. The molecule has 0 amide bonds. The average Bonchev–Trinajstić information content (AvgIpc) is 2.64. The number of rotatable bonds is 2. The standard InChI is InChI=1S/C12H9Br2NO2/c1-7-3-2-4-9(11(7)14)15-6-8(13)5-10(15)12(16)17/h2-6H,1H3,(H,16,17). The summed E-state index contributed by atoms with van der Waals surface area (Å²) in [5.74, 6) is -0.955. The van der Waals surface area contributed by atoms with Gasteiger partial charge in [0.05, 0.1) is 5.69 Å². The molecule has 0 aliphatic heterocycles. The minimum atomic E-state index is -0.955. The van der Waals surface area contributed by atoms with Crippen LogP contribution < -0.4 is 0 Å². The highest BCUT2D eigenvalue weighted by Gasteiger charge is 2.15. The highest BCUT2D eigenvalue weighted by molar-refractivity contribution is 9.11. The lowest BCUT2D eigenvalue weighted by Gasteiger charge is -2.10. The zero-order valence-electron chi connectivity index (χ0n) is 8.95. The van der Waals surface area contributed by atoms with Crippen molar-refractivity contribution >= 4 is 37.8 Å². The minimum absolute atomic E-state index is 0.225. The summed E-state index contributed by atoms with van der Waals surface area (Å²) < 4.78 is 3.28. The molecule has 0 aliphatic carbocycles. The van der Waals surface area contributed by atoms with Crippen LogP contribution in [0.4, 0.5) is 0 Å². The van der Waals surface area contributed by atoms with Gasteiger partial charge in [0.25, 0.3) is 0 Å². The summed E-state index contributed by atoms with van der Waals surface area (Å²) in [6.45, 7) is 1.96. The molecule has 1 aromatic carbocycles. The van der Waals surface area contributed by atoms with Crippen LogP contribution >= 0.6 is 31.9 Å². The van der Waals surface area contributed by atoms with E-state index in [1.807, 2.05) is 25.1 Å². The number of aromatic carboxylic acids is 1. The van der Waals surface area contributed by atoms with E-state index in [0.717, 1.165) is 20.2 Å². The maximum atomic E-state index is 11.1. The largest absolute Gasteiger partial charge is 0.477 e. The van der Waals surface area contributed by atoms with Crippen molar-refractivity contribution < 1.29 is 9.90 Å². The quantitative estimate of drug-likeness (QED) is 0.881. The van der Waals surface area contributed by atoms with Crippen molar-refractivity contribution in [2.75, 3.05) is 0 Å². The first-order valence-electron chi connectivity index (χ1n) is 4.87. The Hall–Kier alpha value is -1.07. The number of carboxylic acids is 1. The van der Waals surface area contributed by atoms with Gasteiger partial charge in [-0.05, 0) is 56.5 Å². The molecule has 0 bridgehead atoms. The van der Waals surface area contributed by atoms with Gasteiger partial charge in [-0.3, -0.25) is 0 Å². The van der Waals surface area contributed by atoms with Crippen molar-refractivity contribution in [1.82, 2.24) is 4.57 Å². The SMILES string of the molecule is Cc1cccc(-n2cc(Br)cc2C(=O)O)c1Br. The Labute approximate surface area is 115 Å². The number of carbonyl (C=O) groups is 1. The lowest BCUT2D eigenvalue weighted by Crippen LogP contribution is -2.06. The van der Waals surface area contributed by atoms with Crippen LogP contribution in [0.3, 0.4) is 0 Å². The van der Waals surface area contributed by atoms with Gasteiger partial charge in [-0.15, -0.1) is 0 Å². The van der Waals surface area contributed by atoms with Gasteiger partial charge in [-0.1, -0.05) is 12.1 Å². The number of carboxylic acid groups (broad SMARTS) is 1. The fraction of sp³-hybridized carbons (Fsp3) is 0.0833. The summed E-state index contributed by atoms with van der Waals surface area (Å²) in [7, 11) is 0. The predicted octanol–water partition coefficient (Wildman–Crippen LogP) is 4.01. The number of benzene rings is 1. The van der Waals surface area contributed by atoms with E-state index < -0.39 is 5.97 Å². The zero-order chi connectivity index (χ0) is 12.6. The van der Waals surface area contributed by atoms with E-state index in [4.69, 9.17) is 5.11 Å². The molecule has 2 rings (SSSR count). The van der Waals surface area contributed by atoms with E-state index in [1.165, 1.54) is 0 Å². The van der Waals surface area contributed by atoms with E-state index in [-0.39, 0.29) is 5.69 Å². The molecule has 0 atom stereocenters. The second kappa shape index (κ2) is 4.66. The van der Waals surface area contributed by atoms with Gasteiger partial charge in [0.1, 0.15) is 5.69 Å². The Morgan fingerprint density at radius 1 is 1.35 bits per heavy atom. The molecular formula is C12H9Br2NO2. The molecule has 0 unspecified atom stereocenters. The molecule has 5 heteroatoms. The van der Waals surface area contributed by atoms with E-state index in [0.29, 0.717) is 0 Å². The van der Waals surface area contributed by atoms with Gasteiger partial charge in [-0.2, -0.15) is 0 Å². The van der Waals surface area contributed by atoms with Crippen LogP contribution in [0.5, 0.6) is 0 Å². The fourth-order valence-corrected chi connectivity index (χ4v) is 2.49. The molecule has 17 heavy (non-hydrogen) atoms. The Kier molecular flexibility index (Phi) is 3.40. The summed E-state index contributed by atoms with van der Waals surface area (Å²) in [6.07, 6.45) is 1.74. The molecule has 3 nitrogen and oxygen atoms in total. The van der Waals surface area contributed by atoms with Crippen LogP contribution in [-0.4, -0.2) is 15.6 Å². The molecule has 0 aliphatic rings. The highest BCUT2D eigenvalue weighted by atomic mass is 79.9. The maximum absolute atomic E-state index is 11.1. The molecule has 0 spiro atoms. The Morgan fingerprint density at radius 2 is 2.06 bits per heavy atom. The topological polar surface area (TPSA) is 42.2 Å². The molecule has 1 heterocycles. The van der Waals surface area contributed by atoms with Crippen LogP contribution in [0, 0.1) is 6.92 Å². The summed E-state index contributed by atoms with van der Waals surface area (Å²) in [6, 6.07) is 7.31. The van der Waals surface area contributed by atoms with E-state index in [1.54, 1.807) is 16.8 Å². The summed E-state index contributed by atoms with van der Waals surface area (Å²) in [4.78, 5) is 11.1. The van der Waals surface area contributed by atoms with Gasteiger partial charge in [0.2, 0.25) is 0 Å². The number of nitrogens with zero attached hydrogens (tertiary/aromatic N) is 1. The number of halogens is 2. The lowest BCUT2D eigenvalue weighted by molar-refractivity contribution is 0.0688. The van der Waals surface area contributed by atoms with Crippen molar-refractivity contribution in [1.29, 1.82) is 0 Å². The lowest BCUT2D eigenvalue weighted by atomic mass is 10.2. The van der Waals surface area contributed by atoms with Crippen LogP contribution in [0.1, 0.15) is 16.1 Å². The third kappa shape index (κ3) is 2.30. The summed E-state index contributed by atoms with van der Waals surface area (Å²) in [5.41, 5.74) is 2.10. The normalized spacial score (nSPS) is 10.5. The molecule has 88 valence electrons. The highest BCUT2D eigenvalue weighted by Crippen LogP contribution is 2.28. The molecule has 0 fully saturated rings. The Bertz CT molecular complexity index is 590. The van der Waals surface area contributed by atoms with Crippen molar-refractivity contribution in [2.24, 2.45) is 0 Å². The van der Waals surface area contributed by atoms with Gasteiger partial charge >= 0.3 is 5.97 Å². The number of aromatic nitrogens is 1. The molecule has 0 saturated carbocycles. The van der Waals surface area contributed by atoms with Crippen LogP contribution in [0.15, 0.2) is 39.4 Å². The predicted molar refractivity (Wildman–Crippen MR) is 72.9 cm³/mol. The summed E-state index contributed by atoms with van der Waals surface area (Å²) in [5, 5.41) is 9.14. The average molecular weight is 359 g/mol. The Morgan fingerprint density at radius 3 is 2.71 bits per heavy atom. The first-order chi connectivity index (χ1) is 8.00. The monoisotopic (exact) mass is 357 g/mol. The first kappa shape index (κ1) is 12.4. The first-order valence-corrected chi connectivity index (χ1v) is 6.46. The van der Waals surface area contributed by atoms with Crippen molar-refractivity contribution in [3.63, 3.8) is 0 Å². The second-order valence-corrected chi connectivity index (χ2v) is 5.34. The van der Waals surface area contributed by atoms with Crippen molar-refractivity contribution in [3.8, 4) is 5.69 Å². The smallest absolute Gasteiger partial charge is 0.352 e. The van der Waals surface area contributed by atoms with Crippen LogP contribution in [0.2, 0.25) is 0 Å². The zero-order valence-corrected chi connectivity index (χ0v) is 12.1. The minimum Gasteiger partial charge on any atom is -0.477 e. The van der Waals surface area contributed by atoms with E-state index in [9.17, 15) is 4.79 Å². The third-order valence-electron chi connectivity index (χ3n) is 2.44. The maximum Gasteiger partial charge on any atom is 0.352 e. The van der Waals surface area contributed by atoms with Crippen molar-refractivity contribution in [2.45, 2.75) is 6.92 Å². The number of hydrogen-bond donors (Lipinski definition) is 1. The number of aryl methyl sites for hydroxylation is 1. The van der Waals surface area contributed by atoms with Gasteiger partial charge in [-0.25, -0.2) is 4.79 Å². The third-order valence-corrected chi connectivity index (χ3v) is 3.90. The van der Waals surface area contributed by atoms with Crippen LogP contribution in [-0.2, 0) is 0 Å². The molecule has 1 aromatic heterocycles. The van der Waals surface area contributed by atoms with Gasteiger partial charge in [0.15, 0.2) is 0 Å². The fourth-order valence-electron chi connectivity index (χ4n) is 1.61. The Balaban J connectivity index is 2.68. The van der Waals surface area contributed by atoms with Crippen molar-refractivity contribution in [3.05, 3.63) is 50.7 Å². The summed E-state index contributed by atoms with van der Waals surface area (Å²) >= 11 is 6.77. The van der Waals surface area contributed by atoms with E-state index in [2.05, 4.69) is 31.9 Å². The molecule has 2 aromatic rings. The molecular weight excluding hydrogens is 350 g/mol. The van der Waals surface area contributed by atoms with Crippen LogP contribution in [0.25, 0.3) is 5.69 Å². The van der Waals surface area contributed by atoms with Gasteiger partial charge < -0.3 is 9.67 Å². The van der Waals surface area contributed by atoms with E-state index >= 15 is 0 Å². The molecule has 1 N–H and O–H groups in total. The van der Waals surface area contributed by atoms with Gasteiger partial charge in [0, 0.05) is 15.1 Å². The molecule has 0 saturated heterocycles.